The van der Waals surface area contributed by atoms with Crippen LogP contribution < -0.4 is 4.90 Å². The van der Waals surface area contributed by atoms with Crippen molar-refractivity contribution in [2.24, 2.45) is 5.92 Å². The van der Waals surface area contributed by atoms with E-state index in [1.165, 1.54) is 6.07 Å². The van der Waals surface area contributed by atoms with Gasteiger partial charge in [-0.3, -0.25) is 0 Å². The smallest absolute Gasteiger partial charge is 0.142 e. The number of anilines is 1. The van der Waals surface area contributed by atoms with Gasteiger partial charge in [0.1, 0.15) is 11.6 Å². The summed E-state index contributed by atoms with van der Waals surface area (Å²) in [4.78, 5) is 6.06. The highest BCUT2D eigenvalue weighted by atomic mass is 19.1. The molecule has 0 bridgehead atoms. The van der Waals surface area contributed by atoms with Crippen LogP contribution in [0.25, 0.3) is 0 Å². The minimum Gasteiger partial charge on any atom is -0.396 e. The highest BCUT2D eigenvalue weighted by Gasteiger charge is 2.22. The van der Waals surface area contributed by atoms with Gasteiger partial charge in [-0.2, -0.15) is 0 Å². The zero-order valence-electron chi connectivity index (χ0n) is 9.64. The molecule has 0 amide bonds. The summed E-state index contributed by atoms with van der Waals surface area (Å²) in [6.07, 6.45) is 3.15. The van der Waals surface area contributed by atoms with Crippen LogP contribution >= 0.6 is 0 Å². The third-order valence-corrected chi connectivity index (χ3v) is 3.16. The number of nitrogens with zero attached hydrogens (tertiary/aromatic N) is 2. The molecule has 4 nitrogen and oxygen atoms in total. The van der Waals surface area contributed by atoms with Crippen molar-refractivity contribution in [2.75, 3.05) is 24.6 Å². The molecular weight excluding hydrogens is 223 g/mol. The first-order valence-electron chi connectivity index (χ1n) is 5.85. The summed E-state index contributed by atoms with van der Waals surface area (Å²) < 4.78 is 13.0. The van der Waals surface area contributed by atoms with Gasteiger partial charge >= 0.3 is 0 Å². The lowest BCUT2D eigenvalue weighted by atomic mass is 9.99. The molecule has 94 valence electrons. The Hall–Kier alpha value is -1.20. The average molecular weight is 240 g/mol. The summed E-state index contributed by atoms with van der Waals surface area (Å²) >= 11 is 0. The molecule has 0 aliphatic carbocycles. The second-order valence-corrected chi connectivity index (χ2v) is 4.43. The zero-order chi connectivity index (χ0) is 12.3. The van der Waals surface area contributed by atoms with Crippen LogP contribution in [-0.2, 0) is 6.61 Å². The van der Waals surface area contributed by atoms with Crippen LogP contribution in [-0.4, -0.2) is 34.9 Å². The summed E-state index contributed by atoms with van der Waals surface area (Å²) in [5.41, 5.74) is 0.503. The minimum absolute atomic E-state index is 0.159. The lowest BCUT2D eigenvalue weighted by Gasteiger charge is -2.33. The standard InChI is InChI=1S/C12H17FN2O2/c13-11-4-10(8-17)12(14-5-11)15-3-1-2-9(6-15)7-16/h4-5,9,16-17H,1-3,6-8H2. The van der Waals surface area contributed by atoms with Gasteiger partial charge in [0.15, 0.2) is 0 Å². The Balaban J connectivity index is 2.20. The summed E-state index contributed by atoms with van der Waals surface area (Å²) in [6, 6.07) is 1.31. The number of piperidine rings is 1. The number of aliphatic hydroxyl groups is 2. The quantitative estimate of drug-likeness (QED) is 0.825. The van der Waals surface area contributed by atoms with Gasteiger partial charge in [0, 0.05) is 25.3 Å². The van der Waals surface area contributed by atoms with Crippen molar-refractivity contribution in [3.8, 4) is 0 Å². The number of aliphatic hydroxyl groups excluding tert-OH is 2. The Kier molecular flexibility index (Phi) is 3.91. The molecule has 17 heavy (non-hydrogen) atoms. The van der Waals surface area contributed by atoms with E-state index in [1.54, 1.807) is 0 Å². The van der Waals surface area contributed by atoms with Crippen LogP contribution in [0.2, 0.25) is 0 Å². The number of aromatic nitrogens is 1. The fourth-order valence-electron chi connectivity index (χ4n) is 2.28. The van der Waals surface area contributed by atoms with Gasteiger partial charge in [0.2, 0.25) is 0 Å². The summed E-state index contributed by atoms with van der Waals surface area (Å²) in [5.74, 6) is 0.433. The molecule has 1 aromatic rings. The van der Waals surface area contributed by atoms with Gasteiger partial charge in [0.25, 0.3) is 0 Å². The monoisotopic (exact) mass is 240 g/mol. The predicted octanol–water partition coefficient (Wildman–Crippen LogP) is 0.922. The Morgan fingerprint density at radius 2 is 2.29 bits per heavy atom. The third kappa shape index (κ3) is 2.73. The van der Waals surface area contributed by atoms with E-state index in [2.05, 4.69) is 4.98 Å². The van der Waals surface area contributed by atoms with Crippen molar-refractivity contribution in [1.82, 2.24) is 4.98 Å². The Morgan fingerprint density at radius 3 is 3.00 bits per heavy atom. The summed E-state index contributed by atoms with van der Waals surface area (Å²) in [6.45, 7) is 1.48. The molecule has 0 radical (unpaired) electrons. The maximum absolute atomic E-state index is 13.0. The average Bonchev–Trinajstić information content (AvgIpc) is 2.38. The van der Waals surface area contributed by atoms with Gasteiger partial charge in [-0.25, -0.2) is 9.37 Å². The first kappa shape index (κ1) is 12.3. The van der Waals surface area contributed by atoms with Crippen molar-refractivity contribution >= 4 is 5.82 Å². The van der Waals surface area contributed by atoms with E-state index in [9.17, 15) is 9.50 Å². The number of pyridine rings is 1. The molecule has 2 rings (SSSR count). The van der Waals surface area contributed by atoms with Gasteiger partial charge in [-0.05, 0) is 24.8 Å². The highest BCUT2D eigenvalue weighted by molar-refractivity contribution is 5.47. The largest absolute Gasteiger partial charge is 0.396 e. The van der Waals surface area contributed by atoms with E-state index in [0.717, 1.165) is 25.6 Å². The normalized spacial score (nSPS) is 20.6. The molecule has 1 unspecified atom stereocenters. The van der Waals surface area contributed by atoms with Crippen LogP contribution in [0.5, 0.6) is 0 Å². The molecule has 2 N–H and O–H groups in total. The number of halogens is 1. The summed E-state index contributed by atoms with van der Waals surface area (Å²) in [7, 11) is 0. The minimum atomic E-state index is -0.437. The van der Waals surface area contributed by atoms with Crippen LogP contribution in [0.15, 0.2) is 12.3 Å². The predicted molar refractivity (Wildman–Crippen MR) is 62.1 cm³/mol. The van der Waals surface area contributed by atoms with Gasteiger partial charge in [-0.15, -0.1) is 0 Å². The van der Waals surface area contributed by atoms with Crippen molar-refractivity contribution < 1.29 is 14.6 Å². The fraction of sp³-hybridized carbons (Fsp3) is 0.583. The number of rotatable bonds is 3. The molecule has 2 heterocycles. The number of hydrogen-bond acceptors (Lipinski definition) is 4. The molecule has 1 aromatic heterocycles. The van der Waals surface area contributed by atoms with Gasteiger partial charge in [-0.1, -0.05) is 0 Å². The Bertz CT molecular complexity index is 387. The topological polar surface area (TPSA) is 56.6 Å². The highest BCUT2D eigenvalue weighted by Crippen LogP contribution is 2.24. The van der Waals surface area contributed by atoms with E-state index in [4.69, 9.17) is 5.11 Å². The maximum Gasteiger partial charge on any atom is 0.142 e. The lowest BCUT2D eigenvalue weighted by Crippen LogP contribution is -2.37. The molecule has 1 atom stereocenters. The molecule has 1 saturated heterocycles. The number of hydrogen-bond donors (Lipinski definition) is 2. The maximum atomic E-state index is 13.0. The fourth-order valence-corrected chi connectivity index (χ4v) is 2.28. The summed E-state index contributed by atoms with van der Waals surface area (Å²) in [5, 5.41) is 18.4. The zero-order valence-corrected chi connectivity index (χ0v) is 9.64. The van der Waals surface area contributed by atoms with Crippen LogP contribution in [0.1, 0.15) is 18.4 Å². The Morgan fingerprint density at radius 1 is 1.47 bits per heavy atom. The van der Waals surface area contributed by atoms with Crippen LogP contribution in [0.3, 0.4) is 0 Å². The molecule has 1 aliphatic rings. The first-order chi connectivity index (χ1) is 8.24. The SMILES string of the molecule is OCc1cc(F)cnc1N1CCCC(CO)C1. The molecule has 0 spiro atoms. The Labute approximate surface area is 99.7 Å². The molecule has 0 saturated carbocycles. The first-order valence-corrected chi connectivity index (χ1v) is 5.85. The van der Waals surface area contributed by atoms with Crippen molar-refractivity contribution in [3.05, 3.63) is 23.6 Å². The second-order valence-electron chi connectivity index (χ2n) is 4.43. The van der Waals surface area contributed by atoms with Crippen molar-refractivity contribution in [1.29, 1.82) is 0 Å². The van der Waals surface area contributed by atoms with Crippen molar-refractivity contribution in [3.63, 3.8) is 0 Å². The van der Waals surface area contributed by atoms with Gasteiger partial charge < -0.3 is 15.1 Å². The van der Waals surface area contributed by atoms with Crippen LogP contribution in [0, 0.1) is 11.7 Å². The van der Waals surface area contributed by atoms with E-state index in [1.807, 2.05) is 4.90 Å². The van der Waals surface area contributed by atoms with E-state index in [0.29, 0.717) is 17.9 Å². The molecule has 5 heteroatoms. The van der Waals surface area contributed by atoms with E-state index >= 15 is 0 Å². The molecule has 1 fully saturated rings. The van der Waals surface area contributed by atoms with E-state index in [-0.39, 0.29) is 19.1 Å². The van der Waals surface area contributed by atoms with Gasteiger partial charge in [0.05, 0.1) is 12.8 Å². The lowest BCUT2D eigenvalue weighted by molar-refractivity contribution is 0.208. The van der Waals surface area contributed by atoms with Crippen molar-refractivity contribution in [2.45, 2.75) is 19.4 Å². The van der Waals surface area contributed by atoms with E-state index < -0.39 is 5.82 Å². The molecular formula is C12H17FN2O2. The molecule has 0 aromatic carbocycles. The second kappa shape index (κ2) is 5.42. The molecule has 1 aliphatic heterocycles. The third-order valence-electron chi connectivity index (χ3n) is 3.16. The van der Waals surface area contributed by atoms with Crippen LogP contribution in [0.4, 0.5) is 10.2 Å².